The molecule has 0 radical (unpaired) electrons. The summed E-state index contributed by atoms with van der Waals surface area (Å²) in [5, 5.41) is 0. The van der Waals surface area contributed by atoms with E-state index in [1.807, 2.05) is 36.4 Å². The number of hydrogen-bond donors (Lipinski definition) is 1. The zero-order valence-electron chi connectivity index (χ0n) is 13.8. The van der Waals surface area contributed by atoms with Crippen molar-refractivity contribution < 1.29 is 9.53 Å². The molecule has 0 saturated carbocycles. The zero-order valence-corrected chi connectivity index (χ0v) is 13.8. The summed E-state index contributed by atoms with van der Waals surface area (Å²) in [6.45, 7) is 2.69. The first kappa shape index (κ1) is 17.2. The van der Waals surface area contributed by atoms with Crippen molar-refractivity contribution in [2.75, 3.05) is 0 Å². The Labute approximate surface area is 138 Å². The molecule has 0 unspecified atom stereocenters. The first-order chi connectivity index (χ1) is 11.2. The molecule has 2 N–H and O–H groups in total. The zero-order chi connectivity index (χ0) is 16.5. The fraction of sp³-hybridized carbons (Fsp3) is 0.350. The van der Waals surface area contributed by atoms with Crippen LogP contribution in [0.5, 0.6) is 5.75 Å². The van der Waals surface area contributed by atoms with Crippen LogP contribution in [-0.2, 0) is 13.0 Å². The van der Waals surface area contributed by atoms with Crippen molar-refractivity contribution in [1.29, 1.82) is 0 Å². The van der Waals surface area contributed by atoms with Crippen LogP contribution in [0.1, 0.15) is 54.1 Å². The van der Waals surface area contributed by atoms with Gasteiger partial charge >= 0.3 is 5.97 Å². The SMILES string of the molecule is CCCCCCc1ccc(C(=O)Oc2ccc(CN)cc2)cc1. The van der Waals surface area contributed by atoms with Crippen molar-refractivity contribution in [1.82, 2.24) is 0 Å². The molecule has 0 aliphatic carbocycles. The van der Waals surface area contributed by atoms with Crippen molar-refractivity contribution >= 4 is 5.97 Å². The Kier molecular flexibility index (Phi) is 6.82. The number of benzene rings is 2. The lowest BCUT2D eigenvalue weighted by molar-refractivity contribution is 0.0734. The summed E-state index contributed by atoms with van der Waals surface area (Å²) in [6, 6.07) is 15.0. The van der Waals surface area contributed by atoms with Crippen LogP contribution in [0.25, 0.3) is 0 Å². The van der Waals surface area contributed by atoms with Gasteiger partial charge in [-0.3, -0.25) is 0 Å². The van der Waals surface area contributed by atoms with Crippen molar-refractivity contribution in [2.45, 2.75) is 45.6 Å². The third kappa shape index (κ3) is 5.53. The minimum atomic E-state index is -0.331. The first-order valence-electron chi connectivity index (χ1n) is 8.33. The Balaban J connectivity index is 1.88. The Morgan fingerprint density at radius 2 is 1.57 bits per heavy atom. The number of nitrogens with two attached hydrogens (primary N) is 1. The van der Waals surface area contributed by atoms with E-state index in [0.717, 1.165) is 12.0 Å². The molecule has 0 fully saturated rings. The van der Waals surface area contributed by atoms with Crippen LogP contribution in [0.4, 0.5) is 0 Å². The van der Waals surface area contributed by atoms with Gasteiger partial charge in [-0.25, -0.2) is 4.79 Å². The smallest absolute Gasteiger partial charge is 0.343 e. The van der Waals surface area contributed by atoms with Crippen LogP contribution in [0.15, 0.2) is 48.5 Å². The van der Waals surface area contributed by atoms with Crippen molar-refractivity contribution in [3.05, 3.63) is 65.2 Å². The predicted octanol–water partition coefficient (Wildman–Crippen LogP) is 4.49. The minimum Gasteiger partial charge on any atom is -0.423 e. The van der Waals surface area contributed by atoms with Crippen molar-refractivity contribution in [3.8, 4) is 5.75 Å². The maximum atomic E-state index is 12.1. The molecule has 3 nitrogen and oxygen atoms in total. The number of carbonyl (C=O) groups excluding carboxylic acids is 1. The maximum Gasteiger partial charge on any atom is 0.343 e. The summed E-state index contributed by atoms with van der Waals surface area (Å²) in [7, 11) is 0. The molecule has 0 aliphatic rings. The van der Waals surface area contributed by atoms with Gasteiger partial charge in [0.15, 0.2) is 0 Å². The Morgan fingerprint density at radius 3 is 2.17 bits per heavy atom. The van der Waals surface area contributed by atoms with Crippen molar-refractivity contribution in [3.63, 3.8) is 0 Å². The quantitative estimate of drug-likeness (QED) is 0.444. The van der Waals surface area contributed by atoms with E-state index in [0.29, 0.717) is 17.9 Å². The van der Waals surface area contributed by atoms with Crippen LogP contribution < -0.4 is 10.5 Å². The van der Waals surface area contributed by atoms with Gasteiger partial charge in [0.1, 0.15) is 5.75 Å². The highest BCUT2D eigenvalue weighted by Gasteiger charge is 2.08. The van der Waals surface area contributed by atoms with E-state index >= 15 is 0 Å². The van der Waals surface area contributed by atoms with Crippen molar-refractivity contribution in [2.24, 2.45) is 5.73 Å². The molecule has 0 bridgehead atoms. The Morgan fingerprint density at radius 1 is 0.913 bits per heavy atom. The lowest BCUT2D eigenvalue weighted by Gasteiger charge is -2.06. The van der Waals surface area contributed by atoms with Crippen LogP contribution in [-0.4, -0.2) is 5.97 Å². The molecular weight excluding hydrogens is 286 g/mol. The molecule has 0 aromatic heterocycles. The topological polar surface area (TPSA) is 52.3 Å². The molecule has 2 rings (SSSR count). The largest absolute Gasteiger partial charge is 0.423 e. The van der Waals surface area contributed by atoms with E-state index < -0.39 is 0 Å². The van der Waals surface area contributed by atoms with E-state index in [9.17, 15) is 4.79 Å². The number of rotatable bonds is 8. The third-order valence-corrected chi connectivity index (χ3v) is 3.88. The van der Waals surface area contributed by atoms with Crippen LogP contribution in [0.3, 0.4) is 0 Å². The number of carbonyl (C=O) groups is 1. The number of unbranched alkanes of at least 4 members (excludes halogenated alkanes) is 3. The second kappa shape index (κ2) is 9.11. The molecule has 0 aliphatic heterocycles. The number of esters is 1. The normalized spacial score (nSPS) is 10.5. The van der Waals surface area contributed by atoms with Gasteiger partial charge in [0, 0.05) is 6.54 Å². The average Bonchev–Trinajstić information content (AvgIpc) is 2.60. The van der Waals surface area contributed by atoms with E-state index in [2.05, 4.69) is 6.92 Å². The van der Waals surface area contributed by atoms with Crippen LogP contribution >= 0.6 is 0 Å². The molecule has 2 aromatic rings. The van der Waals surface area contributed by atoms with Gasteiger partial charge < -0.3 is 10.5 Å². The summed E-state index contributed by atoms with van der Waals surface area (Å²) in [4.78, 5) is 12.1. The highest BCUT2D eigenvalue weighted by atomic mass is 16.5. The lowest BCUT2D eigenvalue weighted by Crippen LogP contribution is -2.08. The predicted molar refractivity (Wildman–Crippen MR) is 93.6 cm³/mol. The van der Waals surface area contributed by atoms with Gasteiger partial charge in [0.25, 0.3) is 0 Å². The molecule has 3 heteroatoms. The van der Waals surface area contributed by atoms with Gasteiger partial charge in [-0.15, -0.1) is 0 Å². The highest BCUT2D eigenvalue weighted by Crippen LogP contribution is 2.15. The van der Waals surface area contributed by atoms with Gasteiger partial charge in [0.2, 0.25) is 0 Å². The molecule has 0 amide bonds. The van der Waals surface area contributed by atoms with E-state index in [-0.39, 0.29) is 5.97 Å². The van der Waals surface area contributed by atoms with E-state index in [1.54, 1.807) is 12.1 Å². The summed E-state index contributed by atoms with van der Waals surface area (Å²) >= 11 is 0. The molecule has 122 valence electrons. The van der Waals surface area contributed by atoms with Gasteiger partial charge in [-0.1, -0.05) is 50.5 Å². The summed E-state index contributed by atoms with van der Waals surface area (Å²) in [6.07, 6.45) is 6.06. The Bertz CT molecular complexity index is 603. The summed E-state index contributed by atoms with van der Waals surface area (Å²) in [5.74, 6) is 0.207. The average molecular weight is 311 g/mol. The van der Waals surface area contributed by atoms with Crippen LogP contribution in [0.2, 0.25) is 0 Å². The molecule has 0 atom stereocenters. The molecule has 2 aromatic carbocycles. The maximum absolute atomic E-state index is 12.1. The number of aryl methyl sites for hydroxylation is 1. The van der Waals surface area contributed by atoms with E-state index in [1.165, 1.54) is 31.2 Å². The second-order valence-corrected chi connectivity index (χ2v) is 5.75. The van der Waals surface area contributed by atoms with Gasteiger partial charge in [0.05, 0.1) is 5.56 Å². The van der Waals surface area contributed by atoms with Gasteiger partial charge in [-0.05, 0) is 48.2 Å². The minimum absolute atomic E-state index is 0.331. The van der Waals surface area contributed by atoms with Crippen LogP contribution in [0, 0.1) is 0 Å². The fourth-order valence-electron chi connectivity index (χ4n) is 2.42. The first-order valence-corrected chi connectivity index (χ1v) is 8.33. The summed E-state index contributed by atoms with van der Waals surface area (Å²) in [5.41, 5.74) is 8.40. The Hall–Kier alpha value is -2.13. The molecule has 0 spiro atoms. The molecule has 23 heavy (non-hydrogen) atoms. The standard InChI is InChI=1S/C20H25NO2/c1-2-3-4-5-6-16-7-11-18(12-8-16)20(22)23-19-13-9-17(15-21)10-14-19/h7-14H,2-6,15,21H2,1H3. The fourth-order valence-corrected chi connectivity index (χ4v) is 2.42. The summed E-state index contributed by atoms with van der Waals surface area (Å²) < 4.78 is 5.37. The third-order valence-electron chi connectivity index (χ3n) is 3.88. The second-order valence-electron chi connectivity index (χ2n) is 5.75. The number of hydrogen-bond acceptors (Lipinski definition) is 3. The number of ether oxygens (including phenoxy) is 1. The highest BCUT2D eigenvalue weighted by molar-refractivity contribution is 5.91. The molecule has 0 saturated heterocycles. The lowest BCUT2D eigenvalue weighted by atomic mass is 10.0. The monoisotopic (exact) mass is 311 g/mol. The van der Waals surface area contributed by atoms with E-state index in [4.69, 9.17) is 10.5 Å². The van der Waals surface area contributed by atoms with Gasteiger partial charge in [-0.2, -0.15) is 0 Å². The molecular formula is C20H25NO2. The molecule has 0 heterocycles.